The van der Waals surface area contributed by atoms with Gasteiger partial charge in [-0.05, 0) is 67.1 Å². The maximum Gasteiger partial charge on any atom is 0.264 e. The Morgan fingerprint density at radius 2 is 1.77 bits per heavy atom. The molecule has 0 spiro atoms. The summed E-state index contributed by atoms with van der Waals surface area (Å²) in [5.74, 6) is -0.194. The number of hydrogen-bond donors (Lipinski definition) is 1. The first kappa shape index (κ1) is 29.2. The van der Waals surface area contributed by atoms with E-state index in [4.69, 9.17) is 9.47 Å². The normalized spacial score (nSPS) is 13.7. The van der Waals surface area contributed by atoms with Crippen molar-refractivity contribution in [3.63, 3.8) is 0 Å². The van der Waals surface area contributed by atoms with Crippen LogP contribution in [0, 0.1) is 6.92 Å². The van der Waals surface area contributed by atoms with Crippen LogP contribution in [0.4, 0.5) is 5.69 Å². The summed E-state index contributed by atoms with van der Waals surface area (Å²) in [5.41, 5.74) is 4.31. The van der Waals surface area contributed by atoms with E-state index in [1.54, 1.807) is 65.6 Å². The van der Waals surface area contributed by atoms with Crippen LogP contribution < -0.4 is 14.5 Å². The fraction of sp³-hybridized carbons (Fsp3) is 0.250. The first-order valence-corrected chi connectivity index (χ1v) is 14.7. The fourth-order valence-electron chi connectivity index (χ4n) is 3.83. The van der Waals surface area contributed by atoms with Gasteiger partial charge in [0.2, 0.25) is 0 Å². The molecule has 1 aliphatic rings. The Hall–Kier alpha value is -3.74. The maximum atomic E-state index is 13.5. The molecule has 0 radical (unpaired) electrons. The van der Waals surface area contributed by atoms with E-state index < -0.39 is 22.5 Å². The molecule has 3 aromatic rings. The van der Waals surface area contributed by atoms with Crippen molar-refractivity contribution in [3.8, 4) is 5.75 Å². The summed E-state index contributed by atoms with van der Waals surface area (Å²) < 4.78 is 39.4. The fourth-order valence-corrected chi connectivity index (χ4v) is 5.63. The number of halogens is 1. The van der Waals surface area contributed by atoms with E-state index in [2.05, 4.69) is 26.5 Å². The SMILES string of the molecule is Cc1ccc(S(=O)(=O)N(CC(=O)N/N=C\c2ccc(OCC(=O)N3CCOCC3)cc2)c2cccc(Br)c2)cc1. The maximum absolute atomic E-state index is 13.5. The summed E-state index contributed by atoms with van der Waals surface area (Å²) in [7, 11) is -4.03. The zero-order chi connectivity index (χ0) is 28.5. The van der Waals surface area contributed by atoms with Crippen LogP contribution in [-0.2, 0) is 24.3 Å². The van der Waals surface area contributed by atoms with Crippen molar-refractivity contribution in [2.45, 2.75) is 11.8 Å². The van der Waals surface area contributed by atoms with Crippen LogP contribution in [0.5, 0.6) is 5.75 Å². The predicted octanol–water partition coefficient (Wildman–Crippen LogP) is 3.34. The lowest BCUT2D eigenvalue weighted by molar-refractivity contribution is -0.137. The first-order chi connectivity index (χ1) is 19.2. The lowest BCUT2D eigenvalue weighted by Gasteiger charge is -2.26. The predicted molar refractivity (Wildman–Crippen MR) is 155 cm³/mol. The number of nitrogens with zero attached hydrogens (tertiary/aromatic N) is 3. The van der Waals surface area contributed by atoms with Crippen molar-refractivity contribution in [3.05, 3.63) is 88.4 Å². The van der Waals surface area contributed by atoms with Crippen LogP contribution in [0.1, 0.15) is 11.1 Å². The number of hydrazone groups is 1. The monoisotopic (exact) mass is 628 g/mol. The Bertz CT molecular complexity index is 1460. The first-order valence-electron chi connectivity index (χ1n) is 12.5. The summed E-state index contributed by atoms with van der Waals surface area (Å²) in [5, 5.41) is 3.97. The molecule has 0 aliphatic carbocycles. The van der Waals surface area contributed by atoms with Gasteiger partial charge in [0.25, 0.3) is 21.8 Å². The lowest BCUT2D eigenvalue weighted by Crippen LogP contribution is -2.42. The summed E-state index contributed by atoms with van der Waals surface area (Å²) >= 11 is 3.36. The molecule has 40 heavy (non-hydrogen) atoms. The van der Waals surface area contributed by atoms with Crippen molar-refractivity contribution < 1.29 is 27.5 Å². The van der Waals surface area contributed by atoms with E-state index in [1.165, 1.54) is 18.3 Å². The molecule has 12 heteroatoms. The van der Waals surface area contributed by atoms with Gasteiger partial charge in [0.15, 0.2) is 6.61 Å². The van der Waals surface area contributed by atoms with Crippen LogP contribution >= 0.6 is 15.9 Å². The molecular formula is C28H29BrN4O6S. The number of rotatable bonds is 10. The highest BCUT2D eigenvalue weighted by Crippen LogP contribution is 2.26. The second-order valence-corrected chi connectivity index (χ2v) is 11.7. The Kier molecular flexibility index (Phi) is 9.91. The molecule has 2 amide bonds. The van der Waals surface area contributed by atoms with Crippen molar-refractivity contribution in [2.24, 2.45) is 5.10 Å². The number of benzene rings is 3. The van der Waals surface area contributed by atoms with Gasteiger partial charge in [0, 0.05) is 17.6 Å². The smallest absolute Gasteiger partial charge is 0.264 e. The number of hydrogen-bond acceptors (Lipinski definition) is 7. The number of amides is 2. The van der Waals surface area contributed by atoms with E-state index in [9.17, 15) is 18.0 Å². The van der Waals surface area contributed by atoms with Gasteiger partial charge in [-0.1, -0.05) is 39.7 Å². The third-order valence-electron chi connectivity index (χ3n) is 6.00. The van der Waals surface area contributed by atoms with Gasteiger partial charge in [0.1, 0.15) is 12.3 Å². The topological polar surface area (TPSA) is 118 Å². The van der Waals surface area contributed by atoms with E-state index in [0.717, 1.165) is 9.87 Å². The number of anilines is 1. The highest BCUT2D eigenvalue weighted by molar-refractivity contribution is 9.10. The number of ether oxygens (including phenoxy) is 2. The Labute approximate surface area is 241 Å². The van der Waals surface area contributed by atoms with Crippen LogP contribution in [0.25, 0.3) is 0 Å². The minimum Gasteiger partial charge on any atom is -0.484 e. The molecule has 210 valence electrons. The standard InChI is InChI=1S/C28H29BrN4O6S/c1-21-5-11-26(12-6-21)40(36,37)33(24-4-2-3-23(29)17-24)19-27(34)31-30-18-22-7-9-25(10-8-22)39-20-28(35)32-13-15-38-16-14-32/h2-12,17-18H,13-16,19-20H2,1H3,(H,31,34)/b30-18-. The van der Waals surface area contributed by atoms with Crippen molar-refractivity contribution in [2.75, 3.05) is 43.8 Å². The second-order valence-electron chi connectivity index (χ2n) is 8.95. The van der Waals surface area contributed by atoms with Gasteiger partial charge in [-0.2, -0.15) is 5.10 Å². The van der Waals surface area contributed by atoms with Crippen LogP contribution in [0.15, 0.2) is 87.3 Å². The molecule has 4 rings (SSSR count). The molecule has 1 aliphatic heterocycles. The molecule has 0 atom stereocenters. The molecule has 1 N–H and O–H groups in total. The van der Waals surface area contributed by atoms with Crippen molar-refractivity contribution in [1.29, 1.82) is 0 Å². The molecule has 3 aromatic carbocycles. The van der Waals surface area contributed by atoms with E-state index >= 15 is 0 Å². The molecule has 1 saturated heterocycles. The Balaban J connectivity index is 1.37. The highest BCUT2D eigenvalue weighted by atomic mass is 79.9. The van der Waals surface area contributed by atoms with Gasteiger partial charge < -0.3 is 14.4 Å². The molecule has 0 aromatic heterocycles. The third kappa shape index (κ3) is 7.90. The zero-order valence-electron chi connectivity index (χ0n) is 21.8. The molecule has 0 bridgehead atoms. The summed E-state index contributed by atoms with van der Waals surface area (Å²) in [6, 6.07) is 20.0. The minimum absolute atomic E-state index is 0.0660. The molecule has 0 saturated carbocycles. The summed E-state index contributed by atoms with van der Waals surface area (Å²) in [6.07, 6.45) is 1.43. The molecule has 1 fully saturated rings. The van der Waals surface area contributed by atoms with E-state index in [-0.39, 0.29) is 17.4 Å². The highest BCUT2D eigenvalue weighted by Gasteiger charge is 2.27. The van der Waals surface area contributed by atoms with Gasteiger partial charge in [0.05, 0.1) is 30.0 Å². The number of carbonyl (C=O) groups excluding carboxylic acids is 2. The number of aryl methyl sites for hydroxylation is 1. The quantitative estimate of drug-likeness (QED) is 0.272. The van der Waals surface area contributed by atoms with Gasteiger partial charge in [-0.3, -0.25) is 13.9 Å². The largest absolute Gasteiger partial charge is 0.484 e. The van der Waals surface area contributed by atoms with Crippen LogP contribution in [0.2, 0.25) is 0 Å². The number of morpholine rings is 1. The average Bonchev–Trinajstić information content (AvgIpc) is 2.96. The number of nitrogens with one attached hydrogen (secondary N) is 1. The lowest BCUT2D eigenvalue weighted by atomic mass is 10.2. The van der Waals surface area contributed by atoms with Crippen molar-refractivity contribution in [1.82, 2.24) is 10.3 Å². The van der Waals surface area contributed by atoms with Crippen molar-refractivity contribution >= 4 is 49.7 Å². The van der Waals surface area contributed by atoms with Crippen LogP contribution in [-0.4, -0.2) is 70.8 Å². The third-order valence-corrected chi connectivity index (χ3v) is 8.28. The molecule has 10 nitrogen and oxygen atoms in total. The molecule has 0 unspecified atom stereocenters. The molecular weight excluding hydrogens is 600 g/mol. The number of sulfonamides is 1. The van der Waals surface area contributed by atoms with Gasteiger partial charge in [-0.15, -0.1) is 0 Å². The molecule has 1 heterocycles. The summed E-state index contributed by atoms with van der Waals surface area (Å²) in [6.45, 7) is 3.49. The Morgan fingerprint density at radius 3 is 2.45 bits per heavy atom. The zero-order valence-corrected chi connectivity index (χ0v) is 24.2. The Morgan fingerprint density at radius 1 is 1.07 bits per heavy atom. The second kappa shape index (κ2) is 13.6. The average molecular weight is 630 g/mol. The minimum atomic E-state index is -4.03. The van der Waals surface area contributed by atoms with Gasteiger partial charge >= 0.3 is 0 Å². The van der Waals surface area contributed by atoms with Crippen LogP contribution in [0.3, 0.4) is 0 Å². The van der Waals surface area contributed by atoms with Gasteiger partial charge in [-0.25, -0.2) is 13.8 Å². The number of carbonyl (C=O) groups is 2. The van der Waals surface area contributed by atoms with E-state index in [0.29, 0.717) is 47.8 Å². The van der Waals surface area contributed by atoms with E-state index in [1.807, 2.05) is 6.92 Å². The summed E-state index contributed by atoms with van der Waals surface area (Å²) in [4.78, 5) is 26.8.